The molecular weight excluding hydrogens is 392 g/mol. The molecule has 1 saturated heterocycles. The van der Waals surface area contributed by atoms with E-state index in [2.05, 4.69) is 40.8 Å². The molecule has 1 aliphatic rings. The minimum Gasteiger partial charge on any atom is -0.326 e. The highest BCUT2D eigenvalue weighted by molar-refractivity contribution is 6.04. The molecule has 1 aliphatic heterocycles. The molecule has 1 aromatic heterocycles. The van der Waals surface area contributed by atoms with Crippen molar-refractivity contribution in [1.82, 2.24) is 20.2 Å². The number of rotatable bonds is 6. The number of aryl methyl sites for hydroxylation is 1. The van der Waals surface area contributed by atoms with Gasteiger partial charge in [0.15, 0.2) is 0 Å². The van der Waals surface area contributed by atoms with Gasteiger partial charge in [-0.2, -0.15) is 0 Å². The molecule has 0 bridgehead atoms. The summed E-state index contributed by atoms with van der Waals surface area (Å²) in [7, 11) is 0. The molecule has 4 rings (SSSR count). The molecule has 3 aromatic rings. The van der Waals surface area contributed by atoms with E-state index in [9.17, 15) is 9.59 Å². The summed E-state index contributed by atoms with van der Waals surface area (Å²) < 4.78 is 1.55. The Bertz CT molecular complexity index is 1100. The second kappa shape index (κ2) is 8.67. The minimum atomic E-state index is -0.407. The molecule has 8 heteroatoms. The highest BCUT2D eigenvalue weighted by Gasteiger charge is 2.36. The van der Waals surface area contributed by atoms with E-state index in [4.69, 9.17) is 0 Å². The zero-order chi connectivity index (χ0) is 22.0. The number of nitrogens with zero attached hydrogens (tertiary/aromatic N) is 5. The minimum absolute atomic E-state index is 0.0193. The Morgan fingerprint density at radius 2 is 2.03 bits per heavy atom. The zero-order valence-corrected chi connectivity index (χ0v) is 17.9. The van der Waals surface area contributed by atoms with Gasteiger partial charge in [-0.15, -0.1) is 5.10 Å². The first-order valence-corrected chi connectivity index (χ1v) is 10.5. The molecule has 2 atom stereocenters. The van der Waals surface area contributed by atoms with Gasteiger partial charge in [-0.25, -0.2) is 4.68 Å². The number of amides is 2. The van der Waals surface area contributed by atoms with Gasteiger partial charge >= 0.3 is 0 Å². The first-order valence-electron chi connectivity index (χ1n) is 10.5. The van der Waals surface area contributed by atoms with Crippen molar-refractivity contribution in [2.24, 2.45) is 5.92 Å². The highest BCUT2D eigenvalue weighted by atomic mass is 16.2. The van der Waals surface area contributed by atoms with Crippen LogP contribution in [0, 0.1) is 12.8 Å². The Hall–Kier alpha value is -3.55. The van der Waals surface area contributed by atoms with Crippen LogP contribution in [0.4, 0.5) is 11.4 Å². The van der Waals surface area contributed by atoms with Crippen LogP contribution in [0.25, 0.3) is 5.69 Å². The quantitative estimate of drug-likeness (QED) is 0.662. The third-order valence-corrected chi connectivity index (χ3v) is 5.94. The molecule has 2 amide bonds. The van der Waals surface area contributed by atoms with E-state index in [-0.39, 0.29) is 18.2 Å². The van der Waals surface area contributed by atoms with Gasteiger partial charge in [0.2, 0.25) is 11.8 Å². The molecule has 160 valence electrons. The number of hydrogen-bond acceptors (Lipinski definition) is 5. The van der Waals surface area contributed by atoms with Crippen LogP contribution in [0.3, 0.4) is 0 Å². The summed E-state index contributed by atoms with van der Waals surface area (Å²) in [6.07, 6.45) is 2.70. The SMILES string of the molecule is CCC(C)c1ccccc1N1CC(C(=O)Nc2ccc(C)c(-n3cnnn3)c2)CC1=O. The van der Waals surface area contributed by atoms with E-state index in [1.54, 1.807) is 9.58 Å². The molecule has 31 heavy (non-hydrogen) atoms. The second-order valence-electron chi connectivity index (χ2n) is 8.02. The number of carbonyl (C=O) groups is 2. The van der Waals surface area contributed by atoms with Crippen molar-refractivity contribution >= 4 is 23.2 Å². The summed E-state index contributed by atoms with van der Waals surface area (Å²) in [5.74, 6) is -0.248. The van der Waals surface area contributed by atoms with E-state index >= 15 is 0 Å². The summed E-state index contributed by atoms with van der Waals surface area (Å²) in [6.45, 7) is 6.62. The normalized spacial score (nSPS) is 17.1. The highest BCUT2D eigenvalue weighted by Crippen LogP contribution is 2.33. The fourth-order valence-corrected chi connectivity index (χ4v) is 3.94. The van der Waals surface area contributed by atoms with Gasteiger partial charge in [-0.1, -0.05) is 38.1 Å². The Kier molecular flexibility index (Phi) is 5.79. The van der Waals surface area contributed by atoms with Crippen molar-refractivity contribution in [2.75, 3.05) is 16.8 Å². The molecule has 0 spiro atoms. The molecule has 8 nitrogen and oxygen atoms in total. The van der Waals surface area contributed by atoms with Gasteiger partial charge in [0.1, 0.15) is 6.33 Å². The van der Waals surface area contributed by atoms with E-state index < -0.39 is 5.92 Å². The standard InChI is InChI=1S/C23H26N6O2/c1-4-15(2)19-7-5-6-8-20(19)28-13-17(11-22(28)30)23(31)25-18-10-9-16(3)21(12-18)29-14-24-26-27-29/h5-10,12,14-15,17H,4,11,13H2,1-3H3,(H,25,31). The second-order valence-corrected chi connectivity index (χ2v) is 8.02. The number of carbonyl (C=O) groups excluding carboxylic acids is 2. The Morgan fingerprint density at radius 1 is 1.23 bits per heavy atom. The molecule has 0 saturated carbocycles. The molecule has 2 heterocycles. The van der Waals surface area contributed by atoms with Crippen LogP contribution < -0.4 is 10.2 Å². The van der Waals surface area contributed by atoms with Crippen molar-refractivity contribution < 1.29 is 9.59 Å². The predicted octanol–water partition coefficient (Wildman–Crippen LogP) is 3.48. The van der Waals surface area contributed by atoms with Crippen LogP contribution in [-0.4, -0.2) is 38.6 Å². The van der Waals surface area contributed by atoms with Gasteiger partial charge in [0.25, 0.3) is 0 Å². The summed E-state index contributed by atoms with van der Waals surface area (Å²) in [6, 6.07) is 13.5. The van der Waals surface area contributed by atoms with Crippen molar-refractivity contribution in [3.8, 4) is 5.69 Å². The zero-order valence-electron chi connectivity index (χ0n) is 17.9. The average Bonchev–Trinajstić information content (AvgIpc) is 3.44. The number of nitrogens with one attached hydrogen (secondary N) is 1. The van der Waals surface area contributed by atoms with Gasteiger partial charge in [0.05, 0.1) is 11.6 Å². The number of aromatic nitrogens is 4. The fraction of sp³-hybridized carbons (Fsp3) is 0.348. The maximum atomic E-state index is 13.0. The van der Waals surface area contributed by atoms with Crippen molar-refractivity contribution in [1.29, 1.82) is 0 Å². The maximum absolute atomic E-state index is 13.0. The van der Waals surface area contributed by atoms with Crippen LogP contribution in [0.2, 0.25) is 0 Å². The molecule has 0 aliphatic carbocycles. The van der Waals surface area contributed by atoms with Crippen LogP contribution in [0.5, 0.6) is 0 Å². The summed E-state index contributed by atoms with van der Waals surface area (Å²) in [5, 5.41) is 14.2. The molecular formula is C23H26N6O2. The smallest absolute Gasteiger partial charge is 0.229 e. The lowest BCUT2D eigenvalue weighted by molar-refractivity contribution is -0.122. The largest absolute Gasteiger partial charge is 0.326 e. The summed E-state index contributed by atoms with van der Waals surface area (Å²) in [4.78, 5) is 27.5. The van der Waals surface area contributed by atoms with Gasteiger partial charge in [-0.3, -0.25) is 9.59 Å². The predicted molar refractivity (Wildman–Crippen MR) is 118 cm³/mol. The maximum Gasteiger partial charge on any atom is 0.229 e. The van der Waals surface area contributed by atoms with E-state index in [0.717, 1.165) is 28.9 Å². The lowest BCUT2D eigenvalue weighted by Crippen LogP contribution is -2.29. The number of para-hydroxylation sites is 1. The number of tetrazole rings is 1. The molecule has 1 N–H and O–H groups in total. The Labute approximate surface area is 181 Å². The van der Waals surface area contributed by atoms with Crippen molar-refractivity contribution in [2.45, 2.75) is 39.5 Å². The molecule has 0 radical (unpaired) electrons. The topological polar surface area (TPSA) is 93.0 Å². The number of anilines is 2. The van der Waals surface area contributed by atoms with Gasteiger partial charge < -0.3 is 10.2 Å². The number of hydrogen-bond donors (Lipinski definition) is 1. The molecule has 2 aromatic carbocycles. The summed E-state index contributed by atoms with van der Waals surface area (Å²) >= 11 is 0. The lowest BCUT2D eigenvalue weighted by atomic mass is 9.96. The van der Waals surface area contributed by atoms with Crippen molar-refractivity contribution in [3.05, 3.63) is 59.9 Å². The van der Waals surface area contributed by atoms with Crippen molar-refractivity contribution in [3.63, 3.8) is 0 Å². The first-order chi connectivity index (χ1) is 15.0. The van der Waals surface area contributed by atoms with E-state index in [0.29, 0.717) is 18.2 Å². The van der Waals surface area contributed by atoms with Gasteiger partial charge in [0, 0.05) is 24.3 Å². The van der Waals surface area contributed by atoms with E-state index in [1.165, 1.54) is 6.33 Å². The van der Waals surface area contributed by atoms with Crippen LogP contribution >= 0.6 is 0 Å². The molecule has 1 fully saturated rings. The third-order valence-electron chi connectivity index (χ3n) is 5.94. The number of benzene rings is 2. The van der Waals surface area contributed by atoms with Crippen LogP contribution in [0.1, 0.15) is 43.7 Å². The Balaban J connectivity index is 1.51. The van der Waals surface area contributed by atoms with E-state index in [1.807, 2.05) is 43.3 Å². The van der Waals surface area contributed by atoms with Gasteiger partial charge in [-0.05, 0) is 59.0 Å². The van der Waals surface area contributed by atoms with Crippen LogP contribution in [-0.2, 0) is 9.59 Å². The fourth-order valence-electron chi connectivity index (χ4n) is 3.94. The third kappa shape index (κ3) is 4.19. The average molecular weight is 419 g/mol. The molecule has 2 unspecified atom stereocenters. The Morgan fingerprint density at radius 3 is 2.77 bits per heavy atom. The monoisotopic (exact) mass is 418 g/mol. The lowest BCUT2D eigenvalue weighted by Gasteiger charge is -2.23. The summed E-state index contributed by atoms with van der Waals surface area (Å²) in [5.41, 5.74) is 4.47. The first kappa shape index (κ1) is 20.7. The van der Waals surface area contributed by atoms with Crippen LogP contribution in [0.15, 0.2) is 48.8 Å².